The number of fused-ring (bicyclic) bond motifs is 4. The van der Waals surface area contributed by atoms with E-state index in [1.54, 1.807) is 28.6 Å². The third kappa shape index (κ3) is 5.04. The number of rotatable bonds is 7. The molecule has 0 saturated carbocycles. The summed E-state index contributed by atoms with van der Waals surface area (Å²) in [5.41, 5.74) is -0.0978. The molecule has 6 heterocycles. The van der Waals surface area contributed by atoms with Crippen LogP contribution in [0.3, 0.4) is 0 Å². The Hall–Kier alpha value is -4.93. The van der Waals surface area contributed by atoms with Gasteiger partial charge in [-0.25, -0.2) is 13.2 Å². The molecule has 5 aromatic rings. The zero-order valence-corrected chi connectivity index (χ0v) is 26.9. The van der Waals surface area contributed by atoms with E-state index in [0.717, 1.165) is 11.3 Å². The highest BCUT2D eigenvalue weighted by atomic mass is 19.1. The SMILES string of the molecule is [2H]C([2H])(Oc1nc(N2CCCc3c2nn(C)c3COC)c2cnc(-c3cc(O)cc4ccc(F)c(C#C)c34)c(F)c2n1)[C@@]12CCCN1C[C@H](F)C2. The minimum atomic E-state index is -2.45. The fraction of sp³-hybridized carbons (Fsp3) is 0.389. The second-order valence-electron chi connectivity index (χ2n) is 12.8. The zero-order valence-electron chi connectivity index (χ0n) is 28.9. The number of halogens is 3. The number of hydrogen-bond donors (Lipinski definition) is 1. The van der Waals surface area contributed by atoms with Crippen molar-refractivity contribution in [2.24, 2.45) is 7.05 Å². The molecule has 252 valence electrons. The lowest BCUT2D eigenvalue weighted by molar-refractivity contribution is 0.107. The number of methoxy groups -OCH3 is 1. The van der Waals surface area contributed by atoms with Gasteiger partial charge in [0.1, 0.15) is 35.5 Å². The summed E-state index contributed by atoms with van der Waals surface area (Å²) in [5, 5.41) is 16.1. The van der Waals surface area contributed by atoms with Crippen LogP contribution in [0, 0.1) is 24.0 Å². The molecular formula is C36H34F3N7O3. The number of terminal acetylenes is 1. The fourth-order valence-electron chi connectivity index (χ4n) is 7.72. The summed E-state index contributed by atoms with van der Waals surface area (Å²) in [6.07, 6.45) is 8.22. The van der Waals surface area contributed by atoms with Gasteiger partial charge >= 0.3 is 6.01 Å². The molecule has 13 heteroatoms. The van der Waals surface area contributed by atoms with Gasteiger partial charge in [0.25, 0.3) is 0 Å². The zero-order chi connectivity index (χ0) is 35.8. The first-order valence-electron chi connectivity index (χ1n) is 17.1. The summed E-state index contributed by atoms with van der Waals surface area (Å²) in [6, 6.07) is 4.78. The third-order valence-electron chi connectivity index (χ3n) is 9.88. The predicted octanol–water partition coefficient (Wildman–Crippen LogP) is 5.73. The molecule has 2 fully saturated rings. The summed E-state index contributed by atoms with van der Waals surface area (Å²) >= 11 is 0. The van der Waals surface area contributed by atoms with E-state index in [4.69, 9.17) is 23.7 Å². The number of alkyl halides is 1. The van der Waals surface area contributed by atoms with Crippen LogP contribution in [-0.2, 0) is 24.8 Å². The van der Waals surface area contributed by atoms with Crippen molar-refractivity contribution < 1.29 is 30.5 Å². The second-order valence-corrected chi connectivity index (χ2v) is 12.8. The van der Waals surface area contributed by atoms with E-state index in [0.29, 0.717) is 56.6 Å². The van der Waals surface area contributed by atoms with Crippen LogP contribution in [0.4, 0.5) is 24.8 Å². The maximum absolute atomic E-state index is 17.1. The largest absolute Gasteiger partial charge is 0.508 e. The Morgan fingerprint density at radius 1 is 1.18 bits per heavy atom. The summed E-state index contributed by atoms with van der Waals surface area (Å²) in [7, 11) is 3.40. The average Bonchev–Trinajstić information content (AvgIpc) is 3.75. The average molecular weight is 672 g/mol. The van der Waals surface area contributed by atoms with Crippen LogP contribution in [0.2, 0.25) is 0 Å². The molecule has 0 unspecified atom stereocenters. The molecule has 3 aromatic heterocycles. The Morgan fingerprint density at radius 2 is 2.04 bits per heavy atom. The quantitative estimate of drug-likeness (QED) is 0.218. The van der Waals surface area contributed by atoms with Crippen LogP contribution in [0.1, 0.15) is 45.2 Å². The summed E-state index contributed by atoms with van der Waals surface area (Å²) in [5.74, 6) is 1.20. The molecule has 0 spiro atoms. The van der Waals surface area contributed by atoms with Gasteiger partial charge in [0.05, 0.1) is 31.5 Å². The van der Waals surface area contributed by atoms with E-state index in [1.165, 1.54) is 30.5 Å². The fourth-order valence-corrected chi connectivity index (χ4v) is 7.72. The second kappa shape index (κ2) is 11.9. The highest BCUT2D eigenvalue weighted by Gasteiger charge is 2.49. The number of phenols is 1. The van der Waals surface area contributed by atoms with E-state index >= 15 is 4.39 Å². The van der Waals surface area contributed by atoms with Crippen molar-refractivity contribution >= 4 is 33.3 Å². The van der Waals surface area contributed by atoms with Crippen molar-refractivity contribution in [1.82, 2.24) is 29.6 Å². The van der Waals surface area contributed by atoms with Crippen LogP contribution >= 0.6 is 0 Å². The number of aryl methyl sites for hydroxylation is 1. The van der Waals surface area contributed by atoms with Gasteiger partial charge < -0.3 is 19.5 Å². The molecule has 1 N–H and O–H groups in total. The number of ether oxygens (including phenoxy) is 2. The van der Waals surface area contributed by atoms with Crippen LogP contribution in [0.25, 0.3) is 32.9 Å². The standard InChI is InChI=1S/C36H34F3N7O3/c1-4-23-27(38)9-8-20-13-22(47)14-25(29(20)23)31-30(39)32-26(16-40-31)33(46-12-5-7-24-28(18-48-3)44(2)43-34(24)46)42-35(41-32)49-19-36-10-6-11-45(36)17-21(37)15-36/h1,8-9,13-14,16,21,47H,5-7,10-12,15,17-19H2,2-3H3/t21-,36+/m1/s1/i19D2. The minimum absolute atomic E-state index is 0.0319. The molecule has 0 bridgehead atoms. The molecule has 2 saturated heterocycles. The van der Waals surface area contributed by atoms with Crippen molar-refractivity contribution in [2.45, 2.75) is 50.4 Å². The topological polar surface area (TPSA) is 102 Å². The normalized spacial score (nSPS) is 21.5. The Labute approximate surface area is 283 Å². The van der Waals surface area contributed by atoms with Crippen LogP contribution in [-0.4, -0.2) is 79.8 Å². The van der Waals surface area contributed by atoms with Gasteiger partial charge in [-0.1, -0.05) is 12.0 Å². The molecule has 3 aliphatic rings. The number of hydrogen-bond acceptors (Lipinski definition) is 9. The molecule has 2 aromatic carbocycles. The predicted molar refractivity (Wildman–Crippen MR) is 178 cm³/mol. The first-order chi connectivity index (χ1) is 24.5. The van der Waals surface area contributed by atoms with E-state index in [1.807, 2.05) is 0 Å². The molecule has 2 atom stereocenters. The Bertz CT molecular complexity index is 2280. The number of pyridine rings is 1. The molecule has 8 rings (SSSR count). The van der Waals surface area contributed by atoms with Crippen molar-refractivity contribution in [1.29, 1.82) is 0 Å². The molecule has 0 radical (unpaired) electrons. The maximum atomic E-state index is 17.1. The van der Waals surface area contributed by atoms with Crippen molar-refractivity contribution in [3.8, 4) is 35.4 Å². The molecular weight excluding hydrogens is 635 g/mol. The van der Waals surface area contributed by atoms with Gasteiger partial charge in [-0.15, -0.1) is 6.42 Å². The van der Waals surface area contributed by atoms with E-state index in [-0.39, 0.29) is 57.6 Å². The number of aromatic nitrogens is 5. The highest BCUT2D eigenvalue weighted by Crippen LogP contribution is 2.43. The third-order valence-corrected chi connectivity index (χ3v) is 9.88. The van der Waals surface area contributed by atoms with Gasteiger partial charge in [0.15, 0.2) is 17.5 Å². The number of aromatic hydroxyl groups is 1. The van der Waals surface area contributed by atoms with Crippen LogP contribution in [0.15, 0.2) is 30.5 Å². The van der Waals surface area contributed by atoms with Crippen molar-refractivity contribution in [3.05, 3.63) is 58.9 Å². The molecule has 3 aliphatic heterocycles. The smallest absolute Gasteiger partial charge is 0.319 e. The summed E-state index contributed by atoms with van der Waals surface area (Å²) in [4.78, 5) is 17.1. The van der Waals surface area contributed by atoms with Gasteiger partial charge in [-0.3, -0.25) is 14.6 Å². The molecule has 10 nitrogen and oxygen atoms in total. The summed E-state index contributed by atoms with van der Waals surface area (Å²) in [6.45, 7) is -1.09. The summed E-state index contributed by atoms with van der Waals surface area (Å²) < 4.78 is 78.2. The number of nitrogens with zero attached hydrogens (tertiary/aromatic N) is 7. The molecule has 0 amide bonds. The van der Waals surface area contributed by atoms with Crippen LogP contribution < -0.4 is 9.64 Å². The Balaban J connectivity index is 1.35. The molecule has 49 heavy (non-hydrogen) atoms. The van der Waals surface area contributed by atoms with Gasteiger partial charge in [0, 0.05) is 56.4 Å². The monoisotopic (exact) mass is 671 g/mol. The lowest BCUT2D eigenvalue weighted by Crippen LogP contribution is -2.43. The van der Waals surface area contributed by atoms with Gasteiger partial charge in [-0.05, 0) is 55.8 Å². The maximum Gasteiger partial charge on any atom is 0.319 e. The van der Waals surface area contributed by atoms with E-state index in [9.17, 15) is 13.9 Å². The van der Waals surface area contributed by atoms with Crippen LogP contribution in [0.5, 0.6) is 11.8 Å². The van der Waals surface area contributed by atoms with Crippen molar-refractivity contribution in [3.63, 3.8) is 0 Å². The Morgan fingerprint density at radius 3 is 2.86 bits per heavy atom. The Kier molecular flexibility index (Phi) is 7.04. The van der Waals surface area contributed by atoms with Gasteiger partial charge in [0.2, 0.25) is 0 Å². The minimum Gasteiger partial charge on any atom is -0.508 e. The van der Waals surface area contributed by atoms with Gasteiger partial charge in [-0.2, -0.15) is 15.1 Å². The first-order valence-corrected chi connectivity index (χ1v) is 16.1. The van der Waals surface area contributed by atoms with Crippen molar-refractivity contribution in [2.75, 3.05) is 38.2 Å². The lowest BCUT2D eigenvalue weighted by Gasteiger charge is -2.31. The lowest BCUT2D eigenvalue weighted by atomic mass is 9.95. The number of phenolic OH excluding ortho intramolecular Hbond substituents is 1. The van der Waals surface area contributed by atoms with E-state index < -0.39 is 35.9 Å². The van der Waals surface area contributed by atoms with E-state index in [2.05, 4.69) is 20.9 Å². The number of benzene rings is 2. The first kappa shape index (κ1) is 29.0. The molecule has 0 aliphatic carbocycles. The highest BCUT2D eigenvalue weighted by molar-refractivity contribution is 6.03. The number of anilines is 2.